The molecule has 38 heavy (non-hydrogen) atoms. The number of aromatic nitrogens is 5. The summed E-state index contributed by atoms with van der Waals surface area (Å²) in [6.45, 7) is 5.28. The number of aromatic amines is 1. The van der Waals surface area contributed by atoms with Gasteiger partial charge in [0.2, 0.25) is 4.33 Å². The molecule has 2 heterocycles. The molecular weight excluding hydrogens is 580 g/mol. The molecule has 0 aliphatic carbocycles. The van der Waals surface area contributed by atoms with Gasteiger partial charge in [0.1, 0.15) is 6.20 Å². The first-order valence-corrected chi connectivity index (χ1v) is 12.6. The molecule has 1 N–H and O–H groups in total. The van der Waals surface area contributed by atoms with E-state index in [9.17, 15) is 14.4 Å². The summed E-state index contributed by atoms with van der Waals surface area (Å²) in [5.41, 5.74) is -1.17. The summed E-state index contributed by atoms with van der Waals surface area (Å²) in [6, 6.07) is 9.48. The number of benzene rings is 2. The third-order valence-electron chi connectivity index (χ3n) is 5.62. The first kappa shape index (κ1) is 27.8. The highest BCUT2D eigenvalue weighted by Crippen LogP contribution is 2.43. The molecule has 0 aliphatic heterocycles. The third kappa shape index (κ3) is 5.09. The Morgan fingerprint density at radius 1 is 1.13 bits per heavy atom. The summed E-state index contributed by atoms with van der Waals surface area (Å²) in [5, 5.41) is 8.31. The predicted molar refractivity (Wildman–Crippen MR) is 142 cm³/mol. The Morgan fingerprint density at radius 3 is 2.42 bits per heavy atom. The summed E-state index contributed by atoms with van der Waals surface area (Å²) in [6.07, 6.45) is 0.956. The fourth-order valence-corrected chi connectivity index (χ4v) is 5.18. The van der Waals surface area contributed by atoms with E-state index in [2.05, 4.69) is 20.2 Å². The van der Waals surface area contributed by atoms with E-state index in [0.29, 0.717) is 11.1 Å². The monoisotopic (exact) mass is 597 g/mol. The highest BCUT2D eigenvalue weighted by atomic mass is 35.5. The molecule has 0 saturated heterocycles. The second kappa shape index (κ2) is 10.5. The maximum absolute atomic E-state index is 12.4. The summed E-state index contributed by atoms with van der Waals surface area (Å²) < 4.78 is 9.47. The molecule has 0 aliphatic rings. The van der Waals surface area contributed by atoms with Crippen LogP contribution < -0.4 is 11.2 Å². The minimum atomic E-state index is -2.02. The molecule has 4 rings (SSSR count). The van der Waals surface area contributed by atoms with Crippen LogP contribution in [0.4, 0.5) is 0 Å². The standard InChI is InChI=1S/C24H19Cl4N5O5/c1-4-37-21(35)24(27,28)14-8-6-5-7-13(14)19-31-20(32-38-19)23(2,3)18-15(25)9-12(10-16(18)26)33-22(36)30-17(34)11-29-33/h5-11H,4H2,1-3H3,(H,30,34,36). The van der Waals surface area contributed by atoms with Crippen molar-refractivity contribution < 1.29 is 14.1 Å². The third-order valence-corrected chi connectivity index (χ3v) is 6.93. The van der Waals surface area contributed by atoms with Gasteiger partial charge in [0, 0.05) is 26.7 Å². The molecule has 0 saturated carbocycles. The highest BCUT2D eigenvalue weighted by Gasteiger charge is 2.41. The van der Waals surface area contributed by atoms with Crippen molar-refractivity contribution in [2.45, 2.75) is 30.5 Å². The van der Waals surface area contributed by atoms with Crippen molar-refractivity contribution >= 4 is 52.4 Å². The second-order valence-corrected chi connectivity index (χ2v) is 10.7. The van der Waals surface area contributed by atoms with E-state index in [1.807, 2.05) is 0 Å². The maximum atomic E-state index is 12.4. The van der Waals surface area contributed by atoms with Gasteiger partial charge in [-0.1, -0.05) is 69.8 Å². The van der Waals surface area contributed by atoms with Crippen molar-refractivity contribution in [1.82, 2.24) is 24.9 Å². The van der Waals surface area contributed by atoms with Crippen molar-refractivity contribution in [2.24, 2.45) is 0 Å². The van der Waals surface area contributed by atoms with Gasteiger partial charge >= 0.3 is 11.7 Å². The number of alkyl halides is 2. The molecule has 14 heteroatoms. The summed E-state index contributed by atoms with van der Waals surface area (Å²) in [5.74, 6) is -0.582. The highest BCUT2D eigenvalue weighted by molar-refractivity contribution is 6.57. The largest absolute Gasteiger partial charge is 0.464 e. The molecule has 0 atom stereocenters. The number of rotatable bonds is 7. The van der Waals surface area contributed by atoms with Crippen LogP contribution >= 0.6 is 46.4 Å². The van der Waals surface area contributed by atoms with Gasteiger partial charge in [-0.15, -0.1) is 0 Å². The lowest BCUT2D eigenvalue weighted by Gasteiger charge is -2.24. The lowest BCUT2D eigenvalue weighted by molar-refractivity contribution is -0.144. The average molecular weight is 599 g/mol. The Hall–Kier alpha value is -3.18. The number of halogens is 4. The van der Waals surface area contributed by atoms with E-state index >= 15 is 0 Å². The molecule has 10 nitrogen and oxygen atoms in total. The van der Waals surface area contributed by atoms with Crippen LogP contribution in [0.1, 0.15) is 37.7 Å². The van der Waals surface area contributed by atoms with E-state index in [1.165, 1.54) is 12.1 Å². The van der Waals surface area contributed by atoms with Crippen molar-refractivity contribution in [2.75, 3.05) is 6.61 Å². The smallest absolute Gasteiger partial charge is 0.349 e. The summed E-state index contributed by atoms with van der Waals surface area (Å²) >= 11 is 26.0. The summed E-state index contributed by atoms with van der Waals surface area (Å²) in [4.78, 5) is 42.6. The molecule has 0 spiro atoms. The Bertz CT molecular complexity index is 1620. The van der Waals surface area contributed by atoms with Gasteiger partial charge < -0.3 is 9.26 Å². The van der Waals surface area contributed by atoms with E-state index < -0.39 is 27.0 Å². The van der Waals surface area contributed by atoms with Crippen molar-refractivity contribution in [3.63, 3.8) is 0 Å². The van der Waals surface area contributed by atoms with E-state index in [1.54, 1.807) is 45.0 Å². The van der Waals surface area contributed by atoms with Crippen LogP contribution in [0.3, 0.4) is 0 Å². The topological polar surface area (TPSA) is 133 Å². The van der Waals surface area contributed by atoms with E-state index in [4.69, 9.17) is 55.7 Å². The van der Waals surface area contributed by atoms with Crippen LogP contribution in [0, 0.1) is 0 Å². The number of hydrogen-bond acceptors (Lipinski definition) is 8. The number of nitrogens with zero attached hydrogens (tertiary/aromatic N) is 4. The molecule has 198 valence electrons. The van der Waals surface area contributed by atoms with Crippen molar-refractivity contribution in [3.8, 4) is 17.1 Å². The lowest BCUT2D eigenvalue weighted by Crippen LogP contribution is -2.30. The number of carbonyl (C=O) groups excluding carboxylic acids is 1. The van der Waals surface area contributed by atoms with Gasteiger partial charge in [-0.25, -0.2) is 9.59 Å². The van der Waals surface area contributed by atoms with E-state index in [-0.39, 0.29) is 39.6 Å². The maximum Gasteiger partial charge on any atom is 0.349 e. The molecule has 0 unspecified atom stereocenters. The van der Waals surface area contributed by atoms with E-state index in [0.717, 1.165) is 10.9 Å². The predicted octanol–water partition coefficient (Wildman–Crippen LogP) is 4.80. The Morgan fingerprint density at radius 2 is 1.79 bits per heavy atom. The lowest BCUT2D eigenvalue weighted by atomic mass is 9.83. The normalized spacial score (nSPS) is 12.0. The number of carbonyl (C=O) groups is 1. The minimum absolute atomic E-state index is 0.0477. The number of esters is 1. The van der Waals surface area contributed by atoms with Crippen LogP contribution in [0.15, 0.2) is 56.7 Å². The second-order valence-electron chi connectivity index (χ2n) is 8.52. The Balaban J connectivity index is 1.76. The Kier molecular flexibility index (Phi) is 7.72. The van der Waals surface area contributed by atoms with Crippen LogP contribution in [0.5, 0.6) is 0 Å². The number of nitrogens with one attached hydrogen (secondary N) is 1. The molecule has 0 amide bonds. The Labute approximate surface area is 235 Å². The van der Waals surface area contributed by atoms with Crippen molar-refractivity contribution in [1.29, 1.82) is 0 Å². The van der Waals surface area contributed by atoms with Crippen LogP contribution in [0.2, 0.25) is 10.0 Å². The van der Waals surface area contributed by atoms with Gasteiger partial charge in [0.05, 0.1) is 17.7 Å². The first-order chi connectivity index (χ1) is 17.9. The minimum Gasteiger partial charge on any atom is -0.464 e. The zero-order chi connectivity index (χ0) is 27.8. The fraction of sp³-hybridized carbons (Fsp3) is 0.250. The van der Waals surface area contributed by atoms with Gasteiger partial charge in [-0.3, -0.25) is 9.78 Å². The molecule has 0 fully saturated rings. The molecule has 0 bridgehead atoms. The zero-order valence-electron chi connectivity index (χ0n) is 20.1. The molecule has 2 aromatic carbocycles. The van der Waals surface area contributed by atoms with Crippen molar-refractivity contribution in [3.05, 3.63) is 90.4 Å². The fourth-order valence-electron chi connectivity index (χ4n) is 3.79. The SMILES string of the molecule is CCOC(=O)C(Cl)(Cl)c1ccccc1-c1nc(C(C)(C)c2c(Cl)cc(-n3ncc(=O)[nH]c3=O)cc2Cl)no1. The molecule has 4 aromatic rings. The molecule has 2 aromatic heterocycles. The quantitative estimate of drug-likeness (QED) is 0.237. The van der Waals surface area contributed by atoms with Gasteiger partial charge in [-0.05, 0) is 39.0 Å². The summed E-state index contributed by atoms with van der Waals surface area (Å²) in [7, 11) is 0. The average Bonchev–Trinajstić information content (AvgIpc) is 3.35. The van der Waals surface area contributed by atoms with Crippen LogP contribution in [-0.4, -0.2) is 37.5 Å². The van der Waals surface area contributed by atoms with Crippen LogP contribution in [-0.2, 0) is 19.3 Å². The van der Waals surface area contributed by atoms with Gasteiger partial charge in [0.15, 0.2) is 5.82 Å². The first-order valence-electron chi connectivity index (χ1n) is 11.1. The zero-order valence-corrected chi connectivity index (χ0v) is 23.1. The number of hydrogen-bond donors (Lipinski definition) is 1. The number of ether oxygens (including phenoxy) is 1. The molecular formula is C24H19Cl4N5O5. The molecule has 0 radical (unpaired) electrons. The number of H-pyrrole nitrogens is 1. The van der Waals surface area contributed by atoms with Crippen LogP contribution in [0.25, 0.3) is 17.1 Å². The van der Waals surface area contributed by atoms with Gasteiger partial charge in [0.25, 0.3) is 11.4 Å². The van der Waals surface area contributed by atoms with Gasteiger partial charge in [-0.2, -0.15) is 14.8 Å².